The average molecular weight is 379 g/mol. The Labute approximate surface area is 164 Å². The Kier molecular flexibility index (Phi) is 7.42. The van der Waals surface area contributed by atoms with Gasteiger partial charge in [-0.05, 0) is 69.1 Å². The molecular weight excluding hydrogens is 340 g/mol. The summed E-state index contributed by atoms with van der Waals surface area (Å²) in [7, 11) is 0. The largest absolute Gasteiger partial charge is 0.481 e. The highest BCUT2D eigenvalue weighted by Crippen LogP contribution is 2.55. The maximum absolute atomic E-state index is 12.3. The summed E-state index contributed by atoms with van der Waals surface area (Å²) < 4.78 is 0. The van der Waals surface area contributed by atoms with Gasteiger partial charge < -0.3 is 15.7 Å². The monoisotopic (exact) mass is 378 g/mol. The number of hydrogen-bond acceptors (Lipinski definition) is 2. The van der Waals surface area contributed by atoms with Gasteiger partial charge in [0.15, 0.2) is 0 Å². The van der Waals surface area contributed by atoms with Crippen LogP contribution in [0, 0.1) is 17.8 Å². The molecule has 0 aromatic heterocycles. The number of unbranched alkanes of at least 4 members (excludes halogenated alkanes) is 7. The van der Waals surface area contributed by atoms with E-state index in [1.54, 1.807) is 0 Å². The van der Waals surface area contributed by atoms with Gasteiger partial charge in [0.25, 0.3) is 0 Å². The summed E-state index contributed by atoms with van der Waals surface area (Å²) in [6, 6.07) is 0.0513. The van der Waals surface area contributed by atoms with E-state index in [2.05, 4.69) is 10.6 Å². The summed E-state index contributed by atoms with van der Waals surface area (Å²) in [6.45, 7) is 0.775. The number of nitrogens with one attached hydrogen (secondary N) is 2. The van der Waals surface area contributed by atoms with E-state index in [0.29, 0.717) is 6.42 Å². The minimum absolute atomic E-state index is 0.0513. The van der Waals surface area contributed by atoms with E-state index < -0.39 is 5.97 Å². The molecule has 4 bridgehead atoms. The lowest BCUT2D eigenvalue weighted by atomic mass is 9.53. The highest BCUT2D eigenvalue weighted by atomic mass is 16.4. The molecule has 0 spiro atoms. The van der Waals surface area contributed by atoms with Crippen molar-refractivity contribution >= 4 is 12.0 Å². The minimum Gasteiger partial charge on any atom is -0.481 e. The van der Waals surface area contributed by atoms with Gasteiger partial charge in [-0.1, -0.05) is 38.5 Å². The summed E-state index contributed by atoms with van der Waals surface area (Å²) in [4.78, 5) is 22.8. The Morgan fingerprint density at radius 1 is 0.778 bits per heavy atom. The van der Waals surface area contributed by atoms with E-state index in [1.165, 1.54) is 57.8 Å². The number of carboxylic acid groups (broad SMARTS) is 1. The first-order valence-electron chi connectivity index (χ1n) is 11.3. The molecule has 154 valence electrons. The molecule has 0 saturated heterocycles. The van der Waals surface area contributed by atoms with Crippen LogP contribution in [0.15, 0.2) is 0 Å². The zero-order valence-electron chi connectivity index (χ0n) is 16.8. The fraction of sp³-hybridized carbons (Fsp3) is 0.909. The predicted molar refractivity (Wildman–Crippen MR) is 107 cm³/mol. The zero-order valence-corrected chi connectivity index (χ0v) is 16.8. The molecule has 0 aromatic carbocycles. The van der Waals surface area contributed by atoms with E-state index in [-0.39, 0.29) is 11.6 Å². The van der Waals surface area contributed by atoms with Crippen LogP contribution in [-0.4, -0.2) is 29.2 Å². The van der Waals surface area contributed by atoms with E-state index >= 15 is 0 Å². The van der Waals surface area contributed by atoms with Gasteiger partial charge in [-0.25, -0.2) is 4.79 Å². The molecule has 4 rings (SSSR count). The Balaban J connectivity index is 1.18. The first-order valence-corrected chi connectivity index (χ1v) is 11.3. The Bertz CT molecular complexity index is 471. The molecular formula is C22H38N2O3. The van der Waals surface area contributed by atoms with Crippen molar-refractivity contribution in [3.8, 4) is 0 Å². The SMILES string of the molecule is O=C(O)CCCCCCCCCCNC(=O)NC12CC3CC(CC(C3)C1)C2. The van der Waals surface area contributed by atoms with Crippen LogP contribution in [0.2, 0.25) is 0 Å². The summed E-state index contributed by atoms with van der Waals surface area (Å²) in [5, 5.41) is 15.0. The Morgan fingerprint density at radius 3 is 1.78 bits per heavy atom. The molecule has 0 atom stereocenters. The first-order chi connectivity index (χ1) is 13.0. The smallest absolute Gasteiger partial charge is 0.315 e. The second-order valence-electron chi connectivity index (χ2n) is 9.55. The second-order valence-corrected chi connectivity index (χ2v) is 9.55. The molecule has 0 radical (unpaired) electrons. The lowest BCUT2D eigenvalue weighted by molar-refractivity contribution is -0.137. The number of carbonyl (C=O) groups excluding carboxylic acids is 1. The Hall–Kier alpha value is -1.26. The van der Waals surface area contributed by atoms with Gasteiger partial charge in [0.1, 0.15) is 0 Å². The molecule has 4 aliphatic carbocycles. The topological polar surface area (TPSA) is 78.4 Å². The minimum atomic E-state index is -0.685. The van der Waals surface area contributed by atoms with Crippen molar-refractivity contribution in [2.24, 2.45) is 17.8 Å². The third kappa shape index (κ3) is 6.39. The van der Waals surface area contributed by atoms with Gasteiger partial charge in [0.2, 0.25) is 0 Å². The summed E-state index contributed by atoms with van der Waals surface area (Å²) in [5.41, 5.74) is 0.111. The molecule has 0 unspecified atom stereocenters. The maximum Gasteiger partial charge on any atom is 0.315 e. The standard InChI is InChI=1S/C22H38N2O3/c25-20(26)9-7-5-3-1-2-4-6-8-10-23-21(27)24-22-14-17-11-18(15-22)13-19(12-17)16-22/h17-19H,1-16H2,(H,25,26)(H2,23,24,27). The normalized spacial score (nSPS) is 31.0. The molecule has 5 nitrogen and oxygen atoms in total. The van der Waals surface area contributed by atoms with Gasteiger partial charge >= 0.3 is 12.0 Å². The van der Waals surface area contributed by atoms with Crippen molar-refractivity contribution in [1.29, 1.82) is 0 Å². The molecule has 0 aliphatic heterocycles. The van der Waals surface area contributed by atoms with Gasteiger partial charge in [-0.2, -0.15) is 0 Å². The third-order valence-electron chi connectivity index (χ3n) is 7.02. The summed E-state index contributed by atoms with van der Waals surface area (Å²) in [5.74, 6) is 1.90. The maximum atomic E-state index is 12.3. The average Bonchev–Trinajstić information content (AvgIpc) is 2.57. The van der Waals surface area contributed by atoms with E-state index in [1.807, 2.05) is 0 Å². The van der Waals surface area contributed by atoms with Crippen molar-refractivity contribution in [3.05, 3.63) is 0 Å². The number of carboxylic acids is 1. The number of urea groups is 1. The van der Waals surface area contributed by atoms with E-state index in [0.717, 1.165) is 56.4 Å². The zero-order chi connectivity index (χ0) is 19.1. The number of aliphatic carboxylic acids is 1. The third-order valence-corrected chi connectivity index (χ3v) is 7.02. The van der Waals surface area contributed by atoms with Crippen LogP contribution in [0.4, 0.5) is 4.79 Å². The van der Waals surface area contributed by atoms with Crippen molar-refractivity contribution < 1.29 is 14.7 Å². The molecule has 2 amide bonds. The highest BCUT2D eigenvalue weighted by Gasteiger charge is 2.51. The van der Waals surface area contributed by atoms with Gasteiger partial charge in [0, 0.05) is 18.5 Å². The summed E-state index contributed by atoms with van der Waals surface area (Å²) >= 11 is 0. The van der Waals surface area contributed by atoms with Crippen molar-refractivity contribution in [2.75, 3.05) is 6.54 Å². The molecule has 27 heavy (non-hydrogen) atoms. The molecule has 0 aromatic rings. The van der Waals surface area contributed by atoms with Crippen LogP contribution < -0.4 is 10.6 Å². The number of carbonyl (C=O) groups is 2. The quantitative estimate of drug-likeness (QED) is 0.425. The van der Waals surface area contributed by atoms with Crippen LogP contribution in [-0.2, 0) is 4.79 Å². The number of amides is 2. The number of rotatable bonds is 12. The van der Waals surface area contributed by atoms with Crippen molar-refractivity contribution in [3.63, 3.8) is 0 Å². The van der Waals surface area contributed by atoms with Crippen LogP contribution in [0.25, 0.3) is 0 Å². The second kappa shape index (κ2) is 9.79. The molecule has 0 heterocycles. The predicted octanol–water partition coefficient (Wildman–Crippen LogP) is 4.85. The van der Waals surface area contributed by atoms with Gasteiger partial charge in [-0.15, -0.1) is 0 Å². The van der Waals surface area contributed by atoms with E-state index in [9.17, 15) is 9.59 Å². The lowest BCUT2D eigenvalue weighted by Crippen LogP contribution is -2.61. The summed E-state index contributed by atoms with van der Waals surface area (Å²) in [6.07, 6.45) is 16.9. The molecule has 4 saturated carbocycles. The van der Waals surface area contributed by atoms with Gasteiger partial charge in [-0.3, -0.25) is 4.79 Å². The van der Waals surface area contributed by atoms with Crippen LogP contribution in [0.5, 0.6) is 0 Å². The lowest BCUT2D eigenvalue weighted by Gasteiger charge is -2.56. The highest BCUT2D eigenvalue weighted by molar-refractivity contribution is 5.74. The van der Waals surface area contributed by atoms with Crippen LogP contribution >= 0.6 is 0 Å². The first kappa shape index (κ1) is 20.5. The Morgan fingerprint density at radius 2 is 1.26 bits per heavy atom. The van der Waals surface area contributed by atoms with Crippen molar-refractivity contribution in [2.45, 2.75) is 102 Å². The fourth-order valence-electron chi connectivity index (χ4n) is 6.21. The van der Waals surface area contributed by atoms with E-state index in [4.69, 9.17) is 5.11 Å². The number of hydrogen-bond donors (Lipinski definition) is 3. The molecule has 4 aliphatic rings. The van der Waals surface area contributed by atoms with Crippen molar-refractivity contribution in [1.82, 2.24) is 10.6 Å². The molecule has 5 heteroatoms. The van der Waals surface area contributed by atoms with Crippen LogP contribution in [0.1, 0.15) is 96.3 Å². The molecule has 3 N–H and O–H groups in total. The molecule has 4 fully saturated rings. The van der Waals surface area contributed by atoms with Gasteiger partial charge in [0.05, 0.1) is 0 Å². The van der Waals surface area contributed by atoms with Crippen LogP contribution in [0.3, 0.4) is 0 Å². The fourth-order valence-corrected chi connectivity index (χ4v) is 6.21.